The Balaban J connectivity index is 1.36. The predicted octanol–water partition coefficient (Wildman–Crippen LogP) is 1.43. The SMILES string of the molecule is CCOC(=O)c1ccc(N2CCC(NCC(O)COc3ccc(C(=O)CO)cc3)CC2)nc1. The lowest BCUT2D eigenvalue weighted by Crippen LogP contribution is -2.45. The summed E-state index contributed by atoms with van der Waals surface area (Å²) >= 11 is 0. The molecule has 9 heteroatoms. The van der Waals surface area contributed by atoms with Gasteiger partial charge in [-0.2, -0.15) is 0 Å². The number of esters is 1. The summed E-state index contributed by atoms with van der Waals surface area (Å²) in [5.74, 6) is 0.678. The van der Waals surface area contributed by atoms with Crippen molar-refractivity contribution in [1.82, 2.24) is 10.3 Å². The predicted molar refractivity (Wildman–Crippen MR) is 123 cm³/mol. The van der Waals surface area contributed by atoms with Crippen molar-refractivity contribution in [3.8, 4) is 5.75 Å². The first-order valence-corrected chi connectivity index (χ1v) is 11.2. The van der Waals surface area contributed by atoms with Gasteiger partial charge in [0, 0.05) is 37.4 Å². The average molecular weight is 458 g/mol. The molecule has 0 amide bonds. The van der Waals surface area contributed by atoms with Gasteiger partial charge in [0.25, 0.3) is 0 Å². The number of rotatable bonds is 11. The van der Waals surface area contributed by atoms with Gasteiger partial charge in [-0.3, -0.25) is 4.79 Å². The summed E-state index contributed by atoms with van der Waals surface area (Å²) in [5, 5.41) is 22.5. The molecule has 1 aromatic heterocycles. The fourth-order valence-corrected chi connectivity index (χ4v) is 3.60. The van der Waals surface area contributed by atoms with Crippen LogP contribution in [0.15, 0.2) is 42.6 Å². The Kier molecular flexibility index (Phi) is 9.17. The number of ketones is 1. The van der Waals surface area contributed by atoms with Crippen LogP contribution in [-0.4, -0.2) is 78.6 Å². The molecule has 0 aliphatic carbocycles. The molecule has 2 aromatic rings. The number of nitrogens with zero attached hydrogens (tertiary/aromatic N) is 2. The summed E-state index contributed by atoms with van der Waals surface area (Å²) in [6.45, 7) is 3.79. The van der Waals surface area contributed by atoms with E-state index in [1.54, 1.807) is 43.5 Å². The van der Waals surface area contributed by atoms with Gasteiger partial charge in [0.1, 0.15) is 30.9 Å². The van der Waals surface area contributed by atoms with E-state index in [1.807, 2.05) is 6.07 Å². The monoisotopic (exact) mass is 457 g/mol. The molecule has 3 rings (SSSR count). The number of aromatic nitrogens is 1. The molecular weight excluding hydrogens is 426 g/mol. The Hall–Kier alpha value is -3.01. The summed E-state index contributed by atoms with van der Waals surface area (Å²) < 4.78 is 10.6. The van der Waals surface area contributed by atoms with Gasteiger partial charge in [-0.25, -0.2) is 9.78 Å². The molecule has 1 aliphatic heterocycles. The highest BCUT2D eigenvalue weighted by atomic mass is 16.5. The number of pyridine rings is 1. The zero-order valence-electron chi connectivity index (χ0n) is 18.8. The van der Waals surface area contributed by atoms with Crippen LogP contribution in [0.4, 0.5) is 5.82 Å². The van der Waals surface area contributed by atoms with Crippen molar-refractivity contribution in [1.29, 1.82) is 0 Å². The number of carbonyl (C=O) groups is 2. The van der Waals surface area contributed by atoms with Gasteiger partial charge in [-0.15, -0.1) is 0 Å². The van der Waals surface area contributed by atoms with Crippen LogP contribution in [0.3, 0.4) is 0 Å². The second-order valence-electron chi connectivity index (χ2n) is 7.87. The Morgan fingerprint density at radius 1 is 1.15 bits per heavy atom. The molecule has 9 nitrogen and oxygen atoms in total. The van der Waals surface area contributed by atoms with Crippen LogP contribution in [0.25, 0.3) is 0 Å². The first kappa shape index (κ1) is 24.6. The van der Waals surface area contributed by atoms with Crippen LogP contribution in [0.1, 0.15) is 40.5 Å². The number of aliphatic hydroxyl groups is 2. The topological polar surface area (TPSA) is 121 Å². The van der Waals surface area contributed by atoms with Crippen molar-refractivity contribution in [2.75, 3.05) is 44.4 Å². The van der Waals surface area contributed by atoms with E-state index in [4.69, 9.17) is 14.6 Å². The van der Waals surface area contributed by atoms with E-state index in [9.17, 15) is 14.7 Å². The molecule has 178 valence electrons. The number of Topliss-reactive ketones (excluding diaryl/α,β-unsaturated/α-hetero) is 1. The molecule has 0 saturated carbocycles. The van der Waals surface area contributed by atoms with Crippen LogP contribution < -0.4 is 15.0 Å². The van der Waals surface area contributed by atoms with Crippen molar-refractivity contribution in [2.45, 2.75) is 31.9 Å². The molecule has 3 N–H and O–H groups in total. The zero-order chi connectivity index (χ0) is 23.6. The van der Waals surface area contributed by atoms with Crippen LogP contribution >= 0.6 is 0 Å². The molecule has 1 unspecified atom stereocenters. The molecule has 2 heterocycles. The van der Waals surface area contributed by atoms with E-state index in [-0.39, 0.29) is 18.4 Å². The molecule has 33 heavy (non-hydrogen) atoms. The van der Waals surface area contributed by atoms with E-state index < -0.39 is 12.7 Å². The molecule has 0 bridgehead atoms. The second-order valence-corrected chi connectivity index (χ2v) is 7.87. The van der Waals surface area contributed by atoms with Gasteiger partial charge >= 0.3 is 5.97 Å². The third kappa shape index (κ3) is 7.24. The third-order valence-corrected chi connectivity index (χ3v) is 5.48. The van der Waals surface area contributed by atoms with Crippen molar-refractivity contribution in [3.63, 3.8) is 0 Å². The van der Waals surface area contributed by atoms with Gasteiger partial charge < -0.3 is 29.9 Å². The lowest BCUT2D eigenvalue weighted by molar-refractivity contribution is 0.0525. The number of nitrogens with one attached hydrogen (secondary N) is 1. The molecule has 0 radical (unpaired) electrons. The van der Waals surface area contributed by atoms with Gasteiger partial charge in [-0.1, -0.05) is 0 Å². The molecule has 1 saturated heterocycles. The quantitative estimate of drug-likeness (QED) is 0.340. The summed E-state index contributed by atoms with van der Waals surface area (Å²) in [4.78, 5) is 29.7. The Morgan fingerprint density at radius 2 is 1.85 bits per heavy atom. The van der Waals surface area contributed by atoms with Gasteiger partial charge in [0.15, 0.2) is 5.78 Å². The molecule has 1 aromatic carbocycles. The first-order chi connectivity index (χ1) is 16.0. The number of anilines is 1. The van der Waals surface area contributed by atoms with E-state index >= 15 is 0 Å². The Labute approximate surface area is 193 Å². The van der Waals surface area contributed by atoms with Gasteiger partial charge in [-0.05, 0) is 56.2 Å². The summed E-state index contributed by atoms with van der Waals surface area (Å²) in [7, 11) is 0. The number of aliphatic hydroxyl groups excluding tert-OH is 2. The smallest absolute Gasteiger partial charge is 0.339 e. The van der Waals surface area contributed by atoms with Crippen LogP contribution in [-0.2, 0) is 4.74 Å². The molecular formula is C24H31N3O6. The fourth-order valence-electron chi connectivity index (χ4n) is 3.60. The lowest BCUT2D eigenvalue weighted by atomic mass is 10.0. The minimum atomic E-state index is -0.668. The van der Waals surface area contributed by atoms with Crippen molar-refractivity contribution < 1.29 is 29.3 Å². The fraction of sp³-hybridized carbons (Fsp3) is 0.458. The van der Waals surface area contributed by atoms with Crippen molar-refractivity contribution >= 4 is 17.6 Å². The number of hydrogen-bond donors (Lipinski definition) is 3. The number of benzene rings is 1. The molecule has 1 atom stereocenters. The number of ether oxygens (including phenoxy) is 2. The minimum absolute atomic E-state index is 0.135. The van der Waals surface area contributed by atoms with Crippen LogP contribution in [0, 0.1) is 0 Å². The summed E-state index contributed by atoms with van der Waals surface area (Å²) in [6, 6.07) is 10.3. The number of carbonyl (C=O) groups excluding carboxylic acids is 2. The van der Waals surface area contributed by atoms with Gasteiger partial charge in [0.2, 0.25) is 0 Å². The highest BCUT2D eigenvalue weighted by molar-refractivity contribution is 5.96. The number of hydrogen-bond acceptors (Lipinski definition) is 9. The normalized spacial score (nSPS) is 15.2. The van der Waals surface area contributed by atoms with Crippen molar-refractivity contribution in [3.05, 3.63) is 53.7 Å². The highest BCUT2D eigenvalue weighted by Crippen LogP contribution is 2.19. The van der Waals surface area contributed by atoms with E-state index in [0.717, 1.165) is 31.7 Å². The van der Waals surface area contributed by atoms with Gasteiger partial charge in [0.05, 0.1) is 12.2 Å². The van der Waals surface area contributed by atoms with Crippen LogP contribution in [0.2, 0.25) is 0 Å². The average Bonchev–Trinajstić information content (AvgIpc) is 2.86. The molecule has 0 spiro atoms. The van der Waals surface area contributed by atoms with E-state index in [0.29, 0.717) is 36.1 Å². The first-order valence-electron chi connectivity index (χ1n) is 11.2. The summed E-state index contributed by atoms with van der Waals surface area (Å²) in [6.07, 6.45) is 2.70. The highest BCUT2D eigenvalue weighted by Gasteiger charge is 2.21. The van der Waals surface area contributed by atoms with Crippen LogP contribution in [0.5, 0.6) is 5.75 Å². The standard InChI is InChI=1S/C24H31N3O6/c1-2-32-24(31)18-5-8-23(26-13-18)27-11-9-19(10-12-27)25-14-20(29)16-33-21-6-3-17(4-7-21)22(30)15-28/h3-8,13,19-20,25,28-29H,2,9-12,14-16H2,1H3. The summed E-state index contributed by atoms with van der Waals surface area (Å²) in [5.41, 5.74) is 0.867. The minimum Gasteiger partial charge on any atom is -0.491 e. The molecule has 1 fully saturated rings. The maximum Gasteiger partial charge on any atom is 0.339 e. The largest absolute Gasteiger partial charge is 0.491 e. The van der Waals surface area contributed by atoms with E-state index in [1.165, 1.54) is 0 Å². The Bertz CT molecular complexity index is 895. The van der Waals surface area contributed by atoms with E-state index in [2.05, 4.69) is 15.2 Å². The number of piperidine rings is 1. The Morgan fingerprint density at radius 3 is 2.45 bits per heavy atom. The maximum absolute atomic E-state index is 11.7. The second kappa shape index (κ2) is 12.3. The molecule has 1 aliphatic rings. The zero-order valence-corrected chi connectivity index (χ0v) is 18.8. The maximum atomic E-state index is 11.7. The lowest BCUT2D eigenvalue weighted by Gasteiger charge is -2.33. The van der Waals surface area contributed by atoms with Crippen molar-refractivity contribution in [2.24, 2.45) is 0 Å². The third-order valence-electron chi connectivity index (χ3n) is 5.48.